The van der Waals surface area contributed by atoms with E-state index in [1.165, 1.54) is 0 Å². The van der Waals surface area contributed by atoms with Gasteiger partial charge in [0.05, 0.1) is 11.8 Å². The summed E-state index contributed by atoms with van der Waals surface area (Å²) < 4.78 is 0. The minimum Gasteiger partial charge on any atom is -0.332 e. The second-order valence-electron chi connectivity index (χ2n) is 4.37. The van der Waals surface area contributed by atoms with Gasteiger partial charge >= 0.3 is 0 Å². The molecule has 1 aromatic heterocycles. The number of likely N-dealkylation sites (tertiary alicyclic amines) is 1. The van der Waals surface area contributed by atoms with E-state index < -0.39 is 0 Å². The third-order valence-electron chi connectivity index (χ3n) is 2.97. The predicted molar refractivity (Wildman–Crippen MR) is 71.2 cm³/mol. The second-order valence-corrected chi connectivity index (χ2v) is 5.47. The van der Waals surface area contributed by atoms with Gasteiger partial charge in [0.25, 0.3) is 0 Å². The maximum atomic E-state index is 12.1. The Morgan fingerprint density at radius 3 is 3.17 bits per heavy atom. The number of hydrogen-bond acceptors (Lipinski definition) is 5. The molecule has 0 unspecified atom stereocenters. The van der Waals surface area contributed by atoms with E-state index in [1.807, 2.05) is 11.8 Å². The van der Waals surface area contributed by atoms with E-state index in [1.54, 1.807) is 11.8 Å². The number of aryl methyl sites for hydroxylation is 1. The molecule has 1 atom stereocenters. The number of amides is 1. The lowest BCUT2D eigenvalue weighted by molar-refractivity contribution is -0.129. The van der Waals surface area contributed by atoms with E-state index in [4.69, 9.17) is 5.73 Å². The van der Waals surface area contributed by atoms with Gasteiger partial charge in [-0.15, -0.1) is 0 Å². The average Bonchev–Trinajstić information content (AvgIpc) is 2.97. The normalized spacial score (nSPS) is 19.4. The lowest BCUT2D eigenvalue weighted by Gasteiger charge is -2.22. The van der Waals surface area contributed by atoms with Crippen molar-refractivity contribution < 1.29 is 4.79 Å². The SMILES string of the molecule is Cc1nc([C@H]2CCCN2C(=O)CSCCN)n[nH]1. The zero-order valence-corrected chi connectivity index (χ0v) is 11.4. The maximum absolute atomic E-state index is 12.1. The Bertz CT molecular complexity index is 408. The highest BCUT2D eigenvalue weighted by atomic mass is 32.2. The quantitative estimate of drug-likeness (QED) is 0.759. The topological polar surface area (TPSA) is 87.9 Å². The van der Waals surface area contributed by atoms with Crippen LogP contribution in [0.1, 0.15) is 30.5 Å². The van der Waals surface area contributed by atoms with Crippen molar-refractivity contribution in [2.24, 2.45) is 5.73 Å². The zero-order valence-electron chi connectivity index (χ0n) is 10.6. The summed E-state index contributed by atoms with van der Waals surface area (Å²) in [6.07, 6.45) is 1.97. The highest BCUT2D eigenvalue weighted by molar-refractivity contribution is 7.99. The van der Waals surface area contributed by atoms with E-state index in [0.29, 0.717) is 12.3 Å². The first kappa shape index (κ1) is 13.4. The third-order valence-corrected chi connectivity index (χ3v) is 3.95. The average molecular weight is 269 g/mol. The van der Waals surface area contributed by atoms with Crippen LogP contribution in [0.2, 0.25) is 0 Å². The minimum atomic E-state index is 0.0425. The summed E-state index contributed by atoms with van der Waals surface area (Å²) in [4.78, 5) is 18.3. The number of carbonyl (C=O) groups excluding carboxylic acids is 1. The summed E-state index contributed by atoms with van der Waals surface area (Å²) >= 11 is 1.59. The summed E-state index contributed by atoms with van der Waals surface area (Å²) in [5.74, 6) is 3.02. The molecule has 0 bridgehead atoms. The van der Waals surface area contributed by atoms with Crippen LogP contribution in [0.5, 0.6) is 0 Å². The fourth-order valence-corrected chi connectivity index (χ4v) is 2.82. The molecule has 7 heteroatoms. The Hall–Kier alpha value is -1.08. The molecule has 2 heterocycles. The van der Waals surface area contributed by atoms with E-state index >= 15 is 0 Å². The highest BCUT2D eigenvalue weighted by Crippen LogP contribution is 2.30. The number of aromatic nitrogens is 3. The molecule has 1 aliphatic rings. The van der Waals surface area contributed by atoms with Crippen LogP contribution in [0.15, 0.2) is 0 Å². The van der Waals surface area contributed by atoms with E-state index in [2.05, 4.69) is 15.2 Å². The van der Waals surface area contributed by atoms with Crippen LogP contribution in [0, 0.1) is 6.92 Å². The standard InChI is InChI=1S/C11H19N5OS/c1-8-13-11(15-14-8)9-3-2-5-16(9)10(17)7-18-6-4-12/h9H,2-7,12H2,1H3,(H,13,14,15)/t9-/m1/s1. The first-order valence-corrected chi connectivity index (χ1v) is 7.34. The number of hydrogen-bond donors (Lipinski definition) is 2. The van der Waals surface area contributed by atoms with Crippen molar-refractivity contribution in [3.05, 3.63) is 11.6 Å². The van der Waals surface area contributed by atoms with Crippen LogP contribution >= 0.6 is 11.8 Å². The van der Waals surface area contributed by atoms with Crippen molar-refractivity contribution in [2.45, 2.75) is 25.8 Å². The van der Waals surface area contributed by atoms with Crippen LogP contribution in [0.4, 0.5) is 0 Å². The molecule has 0 radical (unpaired) electrons. The van der Waals surface area contributed by atoms with Gasteiger partial charge in [0, 0.05) is 18.8 Å². The number of nitrogens with one attached hydrogen (secondary N) is 1. The molecule has 0 spiro atoms. The van der Waals surface area contributed by atoms with Gasteiger partial charge in [-0.25, -0.2) is 4.98 Å². The summed E-state index contributed by atoms with van der Waals surface area (Å²) in [6, 6.07) is 0.0425. The Balaban J connectivity index is 1.97. The fraction of sp³-hybridized carbons (Fsp3) is 0.727. The van der Waals surface area contributed by atoms with E-state index in [9.17, 15) is 4.79 Å². The number of aromatic amines is 1. The molecular weight excluding hydrogens is 250 g/mol. The van der Waals surface area contributed by atoms with Crippen molar-refractivity contribution in [2.75, 3.05) is 24.6 Å². The van der Waals surface area contributed by atoms with Crippen molar-refractivity contribution in [3.8, 4) is 0 Å². The monoisotopic (exact) mass is 269 g/mol. The van der Waals surface area contributed by atoms with Crippen LogP contribution in [-0.4, -0.2) is 50.6 Å². The van der Waals surface area contributed by atoms with Crippen LogP contribution < -0.4 is 5.73 Å². The highest BCUT2D eigenvalue weighted by Gasteiger charge is 2.32. The Labute approximate surface area is 111 Å². The van der Waals surface area contributed by atoms with Gasteiger partial charge in [-0.3, -0.25) is 9.89 Å². The largest absolute Gasteiger partial charge is 0.332 e. The number of thioether (sulfide) groups is 1. The van der Waals surface area contributed by atoms with Gasteiger partial charge in [-0.1, -0.05) is 0 Å². The summed E-state index contributed by atoms with van der Waals surface area (Å²) in [6.45, 7) is 3.29. The molecule has 2 rings (SSSR count). The summed E-state index contributed by atoms with van der Waals surface area (Å²) in [7, 11) is 0. The Morgan fingerprint density at radius 2 is 2.50 bits per heavy atom. The first-order valence-electron chi connectivity index (χ1n) is 6.18. The Kier molecular flexibility index (Phi) is 4.60. The van der Waals surface area contributed by atoms with Gasteiger partial charge < -0.3 is 10.6 Å². The molecule has 0 aromatic carbocycles. The number of H-pyrrole nitrogens is 1. The number of carbonyl (C=O) groups is 1. The van der Waals surface area contributed by atoms with E-state index in [-0.39, 0.29) is 11.9 Å². The number of rotatable bonds is 5. The third kappa shape index (κ3) is 3.02. The molecule has 18 heavy (non-hydrogen) atoms. The molecule has 3 N–H and O–H groups in total. The fourth-order valence-electron chi connectivity index (χ4n) is 2.17. The first-order chi connectivity index (χ1) is 8.72. The summed E-state index contributed by atoms with van der Waals surface area (Å²) in [5, 5.41) is 7.01. The smallest absolute Gasteiger partial charge is 0.233 e. The molecular formula is C11H19N5OS. The molecule has 1 aromatic rings. The van der Waals surface area contributed by atoms with Gasteiger partial charge in [0.1, 0.15) is 5.82 Å². The maximum Gasteiger partial charge on any atom is 0.233 e. The molecule has 0 aliphatic carbocycles. The van der Waals surface area contributed by atoms with Crippen molar-refractivity contribution in [3.63, 3.8) is 0 Å². The number of nitrogens with two attached hydrogens (primary N) is 1. The second kappa shape index (κ2) is 6.19. The molecule has 1 amide bonds. The van der Waals surface area contributed by atoms with Crippen molar-refractivity contribution in [1.29, 1.82) is 0 Å². The molecule has 1 aliphatic heterocycles. The molecule has 1 fully saturated rings. The number of nitrogens with zero attached hydrogens (tertiary/aromatic N) is 3. The molecule has 100 valence electrons. The minimum absolute atomic E-state index is 0.0425. The van der Waals surface area contributed by atoms with Crippen LogP contribution in [0.3, 0.4) is 0 Å². The lowest BCUT2D eigenvalue weighted by atomic mass is 10.2. The van der Waals surface area contributed by atoms with Gasteiger partial charge in [-0.2, -0.15) is 16.9 Å². The van der Waals surface area contributed by atoms with Crippen LogP contribution in [-0.2, 0) is 4.79 Å². The lowest BCUT2D eigenvalue weighted by Crippen LogP contribution is -2.32. The molecule has 1 saturated heterocycles. The van der Waals surface area contributed by atoms with Gasteiger partial charge in [0.2, 0.25) is 5.91 Å². The van der Waals surface area contributed by atoms with E-state index in [0.717, 1.165) is 36.8 Å². The molecule has 0 saturated carbocycles. The molecule has 6 nitrogen and oxygen atoms in total. The summed E-state index contributed by atoms with van der Waals surface area (Å²) in [5.41, 5.74) is 5.42. The van der Waals surface area contributed by atoms with Gasteiger partial charge in [0.15, 0.2) is 5.82 Å². The van der Waals surface area contributed by atoms with Crippen molar-refractivity contribution >= 4 is 17.7 Å². The zero-order chi connectivity index (χ0) is 13.0. The predicted octanol–water partition coefficient (Wildman–Crippen LogP) is 0.469. The van der Waals surface area contributed by atoms with Crippen molar-refractivity contribution in [1.82, 2.24) is 20.1 Å². The van der Waals surface area contributed by atoms with Gasteiger partial charge in [-0.05, 0) is 19.8 Å². The van der Waals surface area contributed by atoms with Crippen LogP contribution in [0.25, 0.3) is 0 Å². The Morgan fingerprint density at radius 1 is 1.67 bits per heavy atom.